The minimum Gasteiger partial charge on any atom is -0.479 e. The van der Waals surface area contributed by atoms with Crippen LogP contribution in [0.3, 0.4) is 0 Å². The van der Waals surface area contributed by atoms with Crippen molar-refractivity contribution < 1.29 is 68.8 Å². The molecular weight excluding hydrogens is 404 g/mol. The quantitative estimate of drug-likeness (QED) is 0.167. The van der Waals surface area contributed by atoms with Crippen molar-refractivity contribution >= 4 is 30.9 Å². The number of hydrogen-bond donors (Lipinski definition) is 4. The van der Waals surface area contributed by atoms with Gasteiger partial charge in [-0.05, 0) is 20.8 Å². The molecule has 0 aliphatic rings. The SMILES string of the molecule is CC(O)C(=O)O.CC(OC=O)OC(=O)C(C)O.CC(OC=O)OC(=O)C(C)O.O. The van der Waals surface area contributed by atoms with Crippen molar-refractivity contribution in [3.63, 3.8) is 0 Å². The van der Waals surface area contributed by atoms with E-state index in [2.05, 4.69) is 18.9 Å². The molecule has 0 saturated heterocycles. The van der Waals surface area contributed by atoms with Gasteiger partial charge in [-0.25, -0.2) is 14.4 Å². The lowest BCUT2D eigenvalue weighted by atomic mass is 10.4. The maximum Gasteiger partial charge on any atom is 0.337 e. The third-order valence-corrected chi connectivity index (χ3v) is 2.10. The van der Waals surface area contributed by atoms with Crippen LogP contribution in [0.15, 0.2) is 0 Å². The summed E-state index contributed by atoms with van der Waals surface area (Å²) in [5.74, 6) is -2.83. The smallest absolute Gasteiger partial charge is 0.337 e. The summed E-state index contributed by atoms with van der Waals surface area (Å²) in [6, 6.07) is 0. The van der Waals surface area contributed by atoms with Gasteiger partial charge in [0.1, 0.15) is 18.3 Å². The maximum absolute atomic E-state index is 10.6. The molecule has 5 atom stereocenters. The van der Waals surface area contributed by atoms with Gasteiger partial charge >= 0.3 is 17.9 Å². The molecule has 0 fully saturated rings. The van der Waals surface area contributed by atoms with Crippen molar-refractivity contribution in [2.75, 3.05) is 0 Å². The predicted octanol–water partition coefficient (Wildman–Crippen LogP) is -2.51. The van der Waals surface area contributed by atoms with Gasteiger partial charge in [-0.2, -0.15) is 0 Å². The third-order valence-electron chi connectivity index (χ3n) is 2.10. The Hall–Kier alpha value is -2.81. The Bertz CT molecular complexity index is 440. The summed E-state index contributed by atoms with van der Waals surface area (Å²) in [5, 5.41) is 33.0. The van der Waals surface area contributed by atoms with E-state index in [4.69, 9.17) is 20.4 Å². The highest BCUT2D eigenvalue weighted by Gasteiger charge is 2.15. The standard InChI is InChI=1S/2C6H10O5.C3H6O3.H2O/c2*1-4(8)6(9)11-5(2)10-3-7;1-2(4)3(5)6;/h2*3-5,8H,1-2H3;2,4H,1H3,(H,5,6);1H2. The average molecular weight is 432 g/mol. The molecule has 0 radical (unpaired) electrons. The zero-order chi connectivity index (χ0) is 22.9. The van der Waals surface area contributed by atoms with Crippen molar-refractivity contribution in [3.8, 4) is 0 Å². The number of aliphatic hydroxyl groups excluding tert-OH is 3. The first-order valence-corrected chi connectivity index (χ1v) is 7.66. The Morgan fingerprint density at radius 1 is 0.690 bits per heavy atom. The molecule has 172 valence electrons. The van der Waals surface area contributed by atoms with Crippen LogP contribution in [0.4, 0.5) is 0 Å². The summed E-state index contributed by atoms with van der Waals surface area (Å²) in [4.78, 5) is 50.0. The summed E-state index contributed by atoms with van der Waals surface area (Å²) in [6.45, 7) is 6.79. The van der Waals surface area contributed by atoms with Gasteiger partial charge in [-0.15, -0.1) is 0 Å². The largest absolute Gasteiger partial charge is 0.479 e. The molecule has 0 aromatic carbocycles. The number of aliphatic hydroxyl groups is 3. The Balaban J connectivity index is -0.000000166. The minimum atomic E-state index is -1.23. The van der Waals surface area contributed by atoms with Gasteiger partial charge in [0.25, 0.3) is 12.9 Å². The van der Waals surface area contributed by atoms with Gasteiger partial charge in [0.05, 0.1) is 0 Å². The number of carboxylic acid groups (broad SMARTS) is 1. The molecule has 0 aromatic heterocycles. The average Bonchev–Trinajstić information content (AvgIpc) is 2.55. The van der Waals surface area contributed by atoms with Crippen LogP contribution in [0.25, 0.3) is 0 Å². The molecule has 6 N–H and O–H groups in total. The number of esters is 2. The highest BCUT2D eigenvalue weighted by Crippen LogP contribution is 1.95. The first kappa shape index (κ1) is 33.8. The second kappa shape index (κ2) is 19.9. The van der Waals surface area contributed by atoms with E-state index in [1.807, 2.05) is 0 Å². The molecule has 0 rings (SSSR count). The van der Waals surface area contributed by atoms with Crippen molar-refractivity contribution in [2.24, 2.45) is 0 Å². The minimum absolute atomic E-state index is 0. The number of ether oxygens (including phenoxy) is 4. The Morgan fingerprint density at radius 2 is 0.931 bits per heavy atom. The maximum atomic E-state index is 10.6. The fraction of sp³-hybridized carbons (Fsp3) is 0.667. The molecule has 14 nitrogen and oxygen atoms in total. The molecule has 0 aliphatic heterocycles. The molecule has 0 saturated carbocycles. The number of rotatable bonds is 9. The van der Waals surface area contributed by atoms with Crippen molar-refractivity contribution in [1.29, 1.82) is 0 Å². The molecule has 0 spiro atoms. The fourth-order valence-corrected chi connectivity index (χ4v) is 0.736. The highest BCUT2D eigenvalue weighted by molar-refractivity contribution is 5.74. The van der Waals surface area contributed by atoms with E-state index in [0.717, 1.165) is 0 Å². The van der Waals surface area contributed by atoms with E-state index in [0.29, 0.717) is 0 Å². The summed E-state index contributed by atoms with van der Waals surface area (Å²) in [5.41, 5.74) is 0. The molecule has 0 aliphatic carbocycles. The normalized spacial score (nSPS) is 14.1. The van der Waals surface area contributed by atoms with Gasteiger partial charge in [-0.3, -0.25) is 9.59 Å². The van der Waals surface area contributed by atoms with Crippen LogP contribution < -0.4 is 0 Å². The van der Waals surface area contributed by atoms with E-state index in [9.17, 15) is 24.0 Å². The number of carboxylic acids is 1. The van der Waals surface area contributed by atoms with Crippen molar-refractivity contribution in [1.82, 2.24) is 0 Å². The second-order valence-electron chi connectivity index (χ2n) is 4.84. The number of carbonyl (C=O) groups is 5. The van der Waals surface area contributed by atoms with Gasteiger partial charge in [0, 0.05) is 13.8 Å². The van der Waals surface area contributed by atoms with Crippen molar-refractivity contribution in [2.45, 2.75) is 65.5 Å². The van der Waals surface area contributed by atoms with Crippen LogP contribution in [-0.2, 0) is 42.9 Å². The summed E-state index contributed by atoms with van der Waals surface area (Å²) >= 11 is 0. The molecule has 29 heavy (non-hydrogen) atoms. The van der Waals surface area contributed by atoms with Crippen LogP contribution in [0, 0.1) is 0 Å². The van der Waals surface area contributed by atoms with E-state index in [1.54, 1.807) is 0 Å². The monoisotopic (exact) mass is 432 g/mol. The zero-order valence-electron chi connectivity index (χ0n) is 16.5. The molecule has 0 heterocycles. The third kappa shape index (κ3) is 25.2. The van der Waals surface area contributed by atoms with Crippen LogP contribution >= 0.6 is 0 Å². The Labute approximate surface area is 166 Å². The lowest BCUT2D eigenvalue weighted by Gasteiger charge is -2.11. The summed E-state index contributed by atoms with van der Waals surface area (Å²) < 4.78 is 17.3. The lowest BCUT2D eigenvalue weighted by molar-refractivity contribution is -0.184. The second-order valence-corrected chi connectivity index (χ2v) is 4.84. The topological polar surface area (TPSA) is 235 Å². The van der Waals surface area contributed by atoms with Crippen LogP contribution in [0.2, 0.25) is 0 Å². The molecular formula is C15H28O14. The van der Waals surface area contributed by atoms with Gasteiger partial charge in [-0.1, -0.05) is 0 Å². The van der Waals surface area contributed by atoms with Crippen LogP contribution in [-0.4, -0.2) is 87.6 Å². The summed E-state index contributed by atoms with van der Waals surface area (Å²) in [7, 11) is 0. The number of carbonyl (C=O) groups excluding carboxylic acids is 4. The summed E-state index contributed by atoms with van der Waals surface area (Å²) in [6.07, 6.45) is -5.53. The van der Waals surface area contributed by atoms with Gasteiger partial charge in [0.2, 0.25) is 12.6 Å². The molecule has 14 heteroatoms. The molecule has 0 aromatic rings. The van der Waals surface area contributed by atoms with Crippen molar-refractivity contribution in [3.05, 3.63) is 0 Å². The van der Waals surface area contributed by atoms with Crippen LogP contribution in [0.1, 0.15) is 34.6 Å². The van der Waals surface area contributed by atoms with Crippen LogP contribution in [0.5, 0.6) is 0 Å². The first-order chi connectivity index (χ1) is 12.8. The highest BCUT2D eigenvalue weighted by atomic mass is 16.7. The molecule has 0 amide bonds. The molecule has 0 bridgehead atoms. The van der Waals surface area contributed by atoms with Gasteiger partial charge < -0.3 is 44.8 Å². The van der Waals surface area contributed by atoms with E-state index < -0.39 is 48.8 Å². The zero-order valence-corrected chi connectivity index (χ0v) is 16.5. The van der Waals surface area contributed by atoms with E-state index >= 15 is 0 Å². The fourth-order valence-electron chi connectivity index (χ4n) is 0.736. The molecule has 5 unspecified atom stereocenters. The Morgan fingerprint density at radius 3 is 1.07 bits per heavy atom. The number of hydrogen-bond acceptors (Lipinski definition) is 12. The number of aliphatic carboxylic acids is 1. The Kier molecular flexibility index (Phi) is 23.2. The first-order valence-electron chi connectivity index (χ1n) is 7.66. The van der Waals surface area contributed by atoms with Gasteiger partial charge in [0.15, 0.2) is 0 Å². The van der Waals surface area contributed by atoms with E-state index in [-0.39, 0.29) is 18.4 Å². The predicted molar refractivity (Wildman–Crippen MR) is 91.7 cm³/mol. The van der Waals surface area contributed by atoms with E-state index in [1.165, 1.54) is 34.6 Å². The lowest BCUT2D eigenvalue weighted by Crippen LogP contribution is -2.25.